The largest absolute Gasteiger partial charge is 0.383 e. The molecule has 0 fully saturated rings. The lowest BCUT2D eigenvalue weighted by molar-refractivity contribution is 0.586. The van der Waals surface area contributed by atoms with Gasteiger partial charge >= 0.3 is 0 Å². The highest BCUT2D eigenvalue weighted by molar-refractivity contribution is 6.30. The van der Waals surface area contributed by atoms with Crippen LogP contribution in [0.3, 0.4) is 0 Å². The van der Waals surface area contributed by atoms with Crippen LogP contribution in [0.2, 0.25) is 5.15 Å². The van der Waals surface area contributed by atoms with Crippen molar-refractivity contribution in [1.29, 1.82) is 0 Å². The molecule has 1 aromatic heterocycles. The van der Waals surface area contributed by atoms with E-state index < -0.39 is 0 Å². The summed E-state index contributed by atoms with van der Waals surface area (Å²) in [6.45, 7) is 4.28. The number of nitrogens with zero attached hydrogens (tertiary/aromatic N) is 2. The van der Waals surface area contributed by atoms with E-state index in [0.29, 0.717) is 16.9 Å². The minimum absolute atomic E-state index is 0.126. The van der Waals surface area contributed by atoms with Gasteiger partial charge in [0.2, 0.25) is 5.95 Å². The van der Waals surface area contributed by atoms with E-state index in [1.165, 1.54) is 0 Å². The second-order valence-corrected chi connectivity index (χ2v) is 4.03. The molecule has 0 aliphatic heterocycles. The third kappa shape index (κ3) is 2.73. The minimum atomic E-state index is 0.126. The smallest absolute Gasteiger partial charge is 0.223 e. The van der Waals surface area contributed by atoms with Crippen LogP contribution in [0.4, 0.5) is 11.8 Å². The van der Waals surface area contributed by atoms with E-state index in [0.717, 1.165) is 18.4 Å². The van der Waals surface area contributed by atoms with Crippen molar-refractivity contribution in [1.82, 2.24) is 9.97 Å². The monoisotopic (exact) mass is 214 g/mol. The molecule has 0 radical (unpaired) electrons. The molecule has 1 rings (SSSR count). The fourth-order valence-electron chi connectivity index (χ4n) is 1.15. The van der Waals surface area contributed by atoms with Crippen molar-refractivity contribution in [2.45, 2.75) is 26.7 Å². The molecule has 4 N–H and O–H groups in total. The Balaban J connectivity index is 2.86. The third-order valence-corrected chi connectivity index (χ3v) is 2.29. The van der Waals surface area contributed by atoms with Crippen molar-refractivity contribution in [2.75, 3.05) is 11.5 Å². The number of hydrogen-bond acceptors (Lipinski definition) is 4. The van der Waals surface area contributed by atoms with E-state index in [1.54, 1.807) is 0 Å². The lowest BCUT2D eigenvalue weighted by atomic mass is 10.0. The molecule has 0 atom stereocenters. The Labute approximate surface area is 88.7 Å². The molecular formula is C9H15ClN4. The lowest BCUT2D eigenvalue weighted by Crippen LogP contribution is -2.06. The molecule has 1 heterocycles. The van der Waals surface area contributed by atoms with Gasteiger partial charge in [0.15, 0.2) is 0 Å². The molecule has 4 nitrogen and oxygen atoms in total. The summed E-state index contributed by atoms with van der Waals surface area (Å²) in [6.07, 6.45) is 1.81. The SMILES string of the molecule is CC(C)CCc1c(N)nc(N)nc1Cl. The predicted molar refractivity (Wildman–Crippen MR) is 59.0 cm³/mol. The second-order valence-electron chi connectivity index (χ2n) is 3.67. The molecule has 78 valence electrons. The molecular weight excluding hydrogens is 200 g/mol. The Morgan fingerprint density at radius 3 is 2.43 bits per heavy atom. The van der Waals surface area contributed by atoms with Crippen LogP contribution in [0, 0.1) is 5.92 Å². The zero-order valence-electron chi connectivity index (χ0n) is 8.42. The summed E-state index contributed by atoms with van der Waals surface area (Å²) in [5, 5.41) is 0.371. The maximum atomic E-state index is 5.91. The van der Waals surface area contributed by atoms with Gasteiger partial charge in [0, 0.05) is 5.56 Å². The van der Waals surface area contributed by atoms with Crippen molar-refractivity contribution in [3.63, 3.8) is 0 Å². The molecule has 0 amide bonds. The fraction of sp³-hybridized carbons (Fsp3) is 0.556. The Bertz CT molecular complexity index is 302. The number of aromatic nitrogens is 2. The number of hydrogen-bond donors (Lipinski definition) is 2. The average molecular weight is 215 g/mol. The summed E-state index contributed by atoms with van der Waals surface area (Å²) in [4.78, 5) is 7.74. The van der Waals surface area contributed by atoms with Crippen molar-refractivity contribution in [3.8, 4) is 0 Å². The van der Waals surface area contributed by atoms with E-state index in [-0.39, 0.29) is 5.95 Å². The van der Waals surface area contributed by atoms with Gasteiger partial charge in [-0.2, -0.15) is 4.98 Å². The van der Waals surface area contributed by atoms with Gasteiger partial charge in [0.1, 0.15) is 11.0 Å². The molecule has 5 heteroatoms. The van der Waals surface area contributed by atoms with Gasteiger partial charge in [-0.05, 0) is 18.8 Å². The van der Waals surface area contributed by atoms with Gasteiger partial charge < -0.3 is 11.5 Å². The van der Waals surface area contributed by atoms with Crippen molar-refractivity contribution in [2.24, 2.45) is 5.92 Å². The van der Waals surface area contributed by atoms with E-state index in [2.05, 4.69) is 23.8 Å². The first-order valence-corrected chi connectivity index (χ1v) is 4.96. The highest BCUT2D eigenvalue weighted by Crippen LogP contribution is 2.22. The summed E-state index contributed by atoms with van der Waals surface area (Å²) < 4.78 is 0. The normalized spacial score (nSPS) is 10.9. The van der Waals surface area contributed by atoms with E-state index >= 15 is 0 Å². The number of halogens is 1. The Morgan fingerprint density at radius 2 is 1.93 bits per heavy atom. The molecule has 0 aromatic carbocycles. The van der Waals surface area contributed by atoms with Gasteiger partial charge in [-0.1, -0.05) is 25.4 Å². The maximum absolute atomic E-state index is 5.91. The average Bonchev–Trinajstić information content (AvgIpc) is 2.01. The molecule has 0 aliphatic rings. The zero-order chi connectivity index (χ0) is 10.7. The number of rotatable bonds is 3. The first-order valence-electron chi connectivity index (χ1n) is 4.58. The van der Waals surface area contributed by atoms with Gasteiger partial charge in [-0.3, -0.25) is 0 Å². The highest BCUT2D eigenvalue weighted by Gasteiger charge is 2.09. The number of nitrogens with two attached hydrogens (primary N) is 2. The van der Waals surface area contributed by atoms with Gasteiger partial charge in [0.25, 0.3) is 0 Å². The molecule has 0 unspecified atom stereocenters. The summed E-state index contributed by atoms with van der Waals surface area (Å²) in [5.74, 6) is 1.12. The van der Waals surface area contributed by atoms with Crippen LogP contribution >= 0.6 is 11.6 Å². The number of anilines is 2. The lowest BCUT2D eigenvalue weighted by Gasteiger charge is -2.08. The van der Waals surface area contributed by atoms with Crippen LogP contribution < -0.4 is 11.5 Å². The van der Waals surface area contributed by atoms with Gasteiger partial charge in [-0.25, -0.2) is 4.98 Å². The van der Waals surface area contributed by atoms with Gasteiger partial charge in [-0.15, -0.1) is 0 Å². The first kappa shape index (κ1) is 11.0. The highest BCUT2D eigenvalue weighted by atomic mass is 35.5. The van der Waals surface area contributed by atoms with Crippen LogP contribution in [0.1, 0.15) is 25.8 Å². The second kappa shape index (κ2) is 4.46. The Morgan fingerprint density at radius 1 is 1.29 bits per heavy atom. The van der Waals surface area contributed by atoms with E-state index in [1.807, 2.05) is 0 Å². The topological polar surface area (TPSA) is 77.8 Å². The van der Waals surface area contributed by atoms with Crippen molar-refractivity contribution < 1.29 is 0 Å². The van der Waals surface area contributed by atoms with Crippen LogP contribution in [-0.2, 0) is 6.42 Å². The summed E-state index contributed by atoms with van der Waals surface area (Å²) >= 11 is 5.91. The quantitative estimate of drug-likeness (QED) is 0.754. The number of nitrogen functional groups attached to an aromatic ring is 2. The van der Waals surface area contributed by atoms with E-state index in [4.69, 9.17) is 23.1 Å². The molecule has 14 heavy (non-hydrogen) atoms. The molecule has 0 saturated heterocycles. The predicted octanol–water partition coefficient (Wildman–Crippen LogP) is 1.88. The Hall–Kier alpha value is -1.03. The summed E-state index contributed by atoms with van der Waals surface area (Å²) in [5.41, 5.74) is 11.9. The maximum Gasteiger partial charge on any atom is 0.223 e. The van der Waals surface area contributed by atoms with Crippen LogP contribution in [-0.4, -0.2) is 9.97 Å². The third-order valence-electron chi connectivity index (χ3n) is 1.98. The summed E-state index contributed by atoms with van der Waals surface area (Å²) in [6, 6.07) is 0. The minimum Gasteiger partial charge on any atom is -0.383 e. The first-order chi connectivity index (χ1) is 6.50. The van der Waals surface area contributed by atoms with Crippen LogP contribution in [0.5, 0.6) is 0 Å². The van der Waals surface area contributed by atoms with Crippen LogP contribution in [0.25, 0.3) is 0 Å². The molecule has 0 aliphatic carbocycles. The Kier molecular flexibility index (Phi) is 3.52. The van der Waals surface area contributed by atoms with Gasteiger partial charge in [0.05, 0.1) is 0 Å². The van der Waals surface area contributed by atoms with Crippen molar-refractivity contribution in [3.05, 3.63) is 10.7 Å². The summed E-state index contributed by atoms with van der Waals surface area (Å²) in [7, 11) is 0. The standard InChI is InChI=1S/C9H15ClN4/c1-5(2)3-4-6-7(10)13-9(12)14-8(6)11/h5H,3-4H2,1-2H3,(H4,11,12,13,14). The molecule has 1 aromatic rings. The van der Waals surface area contributed by atoms with E-state index in [9.17, 15) is 0 Å². The molecule has 0 spiro atoms. The zero-order valence-corrected chi connectivity index (χ0v) is 9.17. The fourth-order valence-corrected chi connectivity index (χ4v) is 1.43. The van der Waals surface area contributed by atoms with Crippen LogP contribution in [0.15, 0.2) is 0 Å². The molecule has 0 saturated carbocycles. The van der Waals surface area contributed by atoms with Crippen molar-refractivity contribution >= 4 is 23.4 Å². The molecule has 0 bridgehead atoms.